The van der Waals surface area contributed by atoms with Crippen molar-refractivity contribution in [3.8, 4) is 5.69 Å². The summed E-state index contributed by atoms with van der Waals surface area (Å²) in [6, 6.07) is 8.28. The van der Waals surface area contributed by atoms with Crippen LogP contribution in [0, 0.1) is 5.82 Å². The number of benzene rings is 1. The lowest BCUT2D eigenvalue weighted by Crippen LogP contribution is -2.56. The van der Waals surface area contributed by atoms with Gasteiger partial charge in [-0.1, -0.05) is 0 Å². The zero-order valence-electron chi connectivity index (χ0n) is 17.5. The molecule has 0 radical (unpaired) electrons. The van der Waals surface area contributed by atoms with E-state index in [1.165, 1.54) is 12.1 Å². The van der Waals surface area contributed by atoms with Crippen molar-refractivity contribution in [2.75, 3.05) is 46.4 Å². The number of rotatable bonds is 7. The highest BCUT2D eigenvalue weighted by Crippen LogP contribution is 2.15. The summed E-state index contributed by atoms with van der Waals surface area (Å²) in [5.41, 5.74) is 1.83. The maximum atomic E-state index is 13.1. The highest BCUT2D eigenvalue weighted by atomic mass is 19.1. The van der Waals surface area contributed by atoms with E-state index in [0.717, 1.165) is 63.2 Å². The average Bonchev–Trinajstić information content (AvgIpc) is 3.20. The summed E-state index contributed by atoms with van der Waals surface area (Å²) in [5, 5.41) is 11.3. The molecule has 2 N–H and O–H groups in total. The molecule has 0 saturated carbocycles. The quantitative estimate of drug-likeness (QED) is 0.546. The number of hydrogen-bond acceptors (Lipinski definition) is 4. The van der Waals surface area contributed by atoms with Gasteiger partial charge < -0.3 is 15.4 Å². The lowest BCUT2D eigenvalue weighted by molar-refractivity contribution is -0.00833. The van der Waals surface area contributed by atoms with Gasteiger partial charge in [-0.2, -0.15) is 5.10 Å². The molecule has 0 spiro atoms. The Kier molecular flexibility index (Phi) is 7.22. The van der Waals surface area contributed by atoms with Crippen molar-refractivity contribution in [2.45, 2.75) is 25.8 Å². The molecule has 1 saturated heterocycles. The van der Waals surface area contributed by atoms with Crippen molar-refractivity contribution in [1.29, 1.82) is 0 Å². The van der Waals surface area contributed by atoms with E-state index in [4.69, 9.17) is 4.74 Å². The van der Waals surface area contributed by atoms with Gasteiger partial charge in [0.15, 0.2) is 5.96 Å². The Morgan fingerprint density at radius 2 is 1.90 bits per heavy atom. The van der Waals surface area contributed by atoms with Crippen LogP contribution in [0.1, 0.15) is 19.5 Å². The van der Waals surface area contributed by atoms with E-state index in [1.54, 1.807) is 23.9 Å². The van der Waals surface area contributed by atoms with Crippen LogP contribution in [0.5, 0.6) is 0 Å². The molecule has 1 aliphatic rings. The topological polar surface area (TPSA) is 66.7 Å². The Hall–Kier alpha value is -2.45. The minimum atomic E-state index is -0.249. The third-order valence-corrected chi connectivity index (χ3v) is 5.19. The highest BCUT2D eigenvalue weighted by molar-refractivity contribution is 5.79. The summed E-state index contributed by atoms with van der Waals surface area (Å²) in [5.74, 6) is 0.533. The summed E-state index contributed by atoms with van der Waals surface area (Å²) < 4.78 is 20.3. The molecule has 0 aliphatic carbocycles. The summed E-state index contributed by atoms with van der Waals surface area (Å²) in [7, 11) is 1.78. The predicted octanol–water partition coefficient (Wildman–Crippen LogP) is 1.83. The van der Waals surface area contributed by atoms with Gasteiger partial charge in [0, 0.05) is 51.4 Å². The summed E-state index contributed by atoms with van der Waals surface area (Å²) in [6.07, 6.45) is 2.66. The Labute approximate surface area is 172 Å². The molecule has 158 valence electrons. The molecule has 1 aliphatic heterocycles. The fourth-order valence-corrected chi connectivity index (χ4v) is 3.34. The van der Waals surface area contributed by atoms with Crippen LogP contribution >= 0.6 is 0 Å². The zero-order valence-corrected chi connectivity index (χ0v) is 17.5. The Morgan fingerprint density at radius 1 is 1.17 bits per heavy atom. The standard InChI is InChI=1S/C21H31FN6O/c1-21(2,27-12-14-29-15-13-27)16-25-20(23-3)24-10-8-18-9-11-28(26-18)19-6-4-17(22)5-7-19/h4-7,9,11H,8,10,12-16H2,1-3H3,(H2,23,24,25). The first-order valence-electron chi connectivity index (χ1n) is 10.1. The van der Waals surface area contributed by atoms with Gasteiger partial charge in [-0.15, -0.1) is 0 Å². The van der Waals surface area contributed by atoms with Gasteiger partial charge in [0.05, 0.1) is 24.6 Å². The van der Waals surface area contributed by atoms with Crippen LogP contribution in [-0.2, 0) is 11.2 Å². The van der Waals surface area contributed by atoms with Gasteiger partial charge in [-0.3, -0.25) is 9.89 Å². The van der Waals surface area contributed by atoms with Gasteiger partial charge in [-0.25, -0.2) is 9.07 Å². The first-order chi connectivity index (χ1) is 14.0. The number of guanidine groups is 1. The third-order valence-electron chi connectivity index (χ3n) is 5.19. The Bertz CT molecular complexity index is 796. The molecule has 1 fully saturated rings. The summed E-state index contributed by atoms with van der Waals surface area (Å²) in [6.45, 7) is 9.49. The van der Waals surface area contributed by atoms with Crippen LogP contribution in [0.25, 0.3) is 5.69 Å². The zero-order chi connectivity index (χ0) is 20.7. The molecule has 0 bridgehead atoms. The van der Waals surface area contributed by atoms with Crippen molar-refractivity contribution in [3.05, 3.63) is 48.0 Å². The number of hydrogen-bond donors (Lipinski definition) is 2. The maximum Gasteiger partial charge on any atom is 0.191 e. The highest BCUT2D eigenvalue weighted by Gasteiger charge is 2.28. The Balaban J connectivity index is 1.44. The van der Waals surface area contributed by atoms with Crippen LogP contribution in [-0.4, -0.2) is 72.6 Å². The van der Waals surface area contributed by atoms with E-state index >= 15 is 0 Å². The predicted molar refractivity (Wildman–Crippen MR) is 113 cm³/mol. The minimum Gasteiger partial charge on any atom is -0.379 e. The van der Waals surface area contributed by atoms with Crippen LogP contribution in [0.3, 0.4) is 0 Å². The largest absolute Gasteiger partial charge is 0.379 e. The molecule has 0 atom stereocenters. The first-order valence-corrected chi connectivity index (χ1v) is 10.1. The average molecular weight is 403 g/mol. The minimum absolute atomic E-state index is 0.0231. The van der Waals surface area contributed by atoms with E-state index in [2.05, 4.69) is 39.5 Å². The molecule has 0 amide bonds. The SMILES string of the molecule is CN=C(NCCc1ccn(-c2ccc(F)cc2)n1)NCC(C)(C)N1CCOCC1. The number of ether oxygens (including phenoxy) is 1. The van der Waals surface area contributed by atoms with Crippen molar-refractivity contribution in [1.82, 2.24) is 25.3 Å². The maximum absolute atomic E-state index is 13.1. The molecule has 1 aromatic heterocycles. The summed E-state index contributed by atoms with van der Waals surface area (Å²) in [4.78, 5) is 6.76. The monoisotopic (exact) mass is 402 g/mol. The van der Waals surface area contributed by atoms with E-state index in [9.17, 15) is 4.39 Å². The van der Waals surface area contributed by atoms with Gasteiger partial charge >= 0.3 is 0 Å². The van der Waals surface area contributed by atoms with E-state index in [1.807, 2.05) is 12.3 Å². The van der Waals surface area contributed by atoms with E-state index in [-0.39, 0.29) is 11.4 Å². The van der Waals surface area contributed by atoms with Crippen molar-refractivity contribution >= 4 is 5.96 Å². The smallest absolute Gasteiger partial charge is 0.191 e. The molecule has 8 heteroatoms. The molecule has 29 heavy (non-hydrogen) atoms. The summed E-state index contributed by atoms with van der Waals surface area (Å²) >= 11 is 0. The van der Waals surface area contributed by atoms with Gasteiger partial charge in [0.25, 0.3) is 0 Å². The van der Waals surface area contributed by atoms with Gasteiger partial charge in [0.1, 0.15) is 5.82 Å². The fourth-order valence-electron chi connectivity index (χ4n) is 3.34. The molecule has 1 aromatic carbocycles. The van der Waals surface area contributed by atoms with Crippen LogP contribution in [0.4, 0.5) is 4.39 Å². The second kappa shape index (κ2) is 9.84. The second-order valence-corrected chi connectivity index (χ2v) is 7.74. The number of aromatic nitrogens is 2. The first kappa shape index (κ1) is 21.3. The molecule has 7 nitrogen and oxygen atoms in total. The van der Waals surface area contributed by atoms with Crippen LogP contribution in [0.15, 0.2) is 41.5 Å². The van der Waals surface area contributed by atoms with Crippen molar-refractivity contribution < 1.29 is 9.13 Å². The van der Waals surface area contributed by atoms with Gasteiger partial charge in [0.2, 0.25) is 0 Å². The lowest BCUT2D eigenvalue weighted by Gasteiger charge is -2.41. The molecule has 2 aromatic rings. The third kappa shape index (κ3) is 6.01. The fraction of sp³-hybridized carbons (Fsp3) is 0.524. The number of nitrogens with one attached hydrogen (secondary N) is 2. The van der Waals surface area contributed by atoms with Crippen LogP contribution in [0.2, 0.25) is 0 Å². The number of morpholine rings is 1. The lowest BCUT2D eigenvalue weighted by atomic mass is 10.0. The number of nitrogens with zero attached hydrogens (tertiary/aromatic N) is 4. The molecular formula is C21H31FN6O. The normalized spacial score (nSPS) is 16.1. The molecule has 0 unspecified atom stereocenters. The van der Waals surface area contributed by atoms with E-state index in [0.29, 0.717) is 0 Å². The molecule has 3 rings (SSSR count). The second-order valence-electron chi connectivity index (χ2n) is 7.74. The Morgan fingerprint density at radius 3 is 2.59 bits per heavy atom. The molecular weight excluding hydrogens is 371 g/mol. The van der Waals surface area contributed by atoms with Crippen molar-refractivity contribution in [2.24, 2.45) is 4.99 Å². The van der Waals surface area contributed by atoms with Gasteiger partial charge in [-0.05, 0) is 44.2 Å². The van der Waals surface area contributed by atoms with Crippen molar-refractivity contribution in [3.63, 3.8) is 0 Å². The number of halogens is 1. The van der Waals surface area contributed by atoms with Crippen LogP contribution < -0.4 is 10.6 Å². The number of aliphatic imine (C=N–C) groups is 1. The van der Waals surface area contributed by atoms with E-state index < -0.39 is 0 Å². The molecule has 2 heterocycles.